The number of nitrogens with zero attached hydrogens (tertiary/aromatic N) is 5. The van der Waals surface area contributed by atoms with Crippen molar-refractivity contribution in [2.75, 3.05) is 18.0 Å². The molecule has 1 aromatic carbocycles. The fraction of sp³-hybridized carbons (Fsp3) is 0.250. The molecule has 30 heavy (non-hydrogen) atoms. The molecule has 1 aliphatic heterocycles. The molecular formula is C20H21N7O3. The summed E-state index contributed by atoms with van der Waals surface area (Å²) in [6, 6.07) is 9.08. The number of nitrogens with one attached hydrogen (secondary N) is 2. The fourth-order valence-corrected chi connectivity index (χ4v) is 3.37. The summed E-state index contributed by atoms with van der Waals surface area (Å²) in [6.45, 7) is 1.27. The molecule has 0 bridgehead atoms. The van der Waals surface area contributed by atoms with Gasteiger partial charge in [-0.15, -0.1) is 0 Å². The Balaban J connectivity index is 1.36. The number of hydrogen-bond acceptors (Lipinski definition) is 7. The number of amides is 2. The lowest BCUT2D eigenvalue weighted by Gasteiger charge is -2.32. The highest BCUT2D eigenvalue weighted by Crippen LogP contribution is 2.21. The van der Waals surface area contributed by atoms with E-state index in [4.69, 9.17) is 0 Å². The minimum Gasteiger partial charge on any atom is -0.504 e. The van der Waals surface area contributed by atoms with E-state index >= 15 is 0 Å². The van der Waals surface area contributed by atoms with Crippen molar-refractivity contribution in [2.24, 2.45) is 5.92 Å². The first kappa shape index (κ1) is 19.4. The van der Waals surface area contributed by atoms with Crippen LogP contribution < -0.4 is 15.8 Å². The highest BCUT2D eigenvalue weighted by Gasteiger charge is 2.27. The normalized spacial score (nSPS) is 16.1. The lowest BCUT2D eigenvalue weighted by atomic mass is 9.97. The van der Waals surface area contributed by atoms with Gasteiger partial charge in [0.25, 0.3) is 5.91 Å². The van der Waals surface area contributed by atoms with Crippen LogP contribution in [-0.4, -0.2) is 49.8 Å². The van der Waals surface area contributed by atoms with Gasteiger partial charge in [0.05, 0.1) is 24.0 Å². The second kappa shape index (κ2) is 8.60. The zero-order valence-corrected chi connectivity index (χ0v) is 16.1. The number of para-hydroxylation sites is 1. The summed E-state index contributed by atoms with van der Waals surface area (Å²) in [5.41, 5.74) is 5.29. The van der Waals surface area contributed by atoms with Gasteiger partial charge in [-0.1, -0.05) is 18.2 Å². The minimum atomic E-state index is -0.697. The van der Waals surface area contributed by atoms with Crippen LogP contribution in [0.15, 0.2) is 55.1 Å². The second-order valence-corrected chi connectivity index (χ2v) is 6.94. The monoisotopic (exact) mass is 407 g/mol. The SMILES string of the molecule is O=C(NNC(=O)C1CCCN(c2cnccn2)C1)c1nn(-c2ccccc2)cc1O. The van der Waals surface area contributed by atoms with E-state index in [2.05, 4.69) is 25.9 Å². The molecule has 2 aromatic heterocycles. The summed E-state index contributed by atoms with van der Waals surface area (Å²) in [7, 11) is 0. The molecule has 1 unspecified atom stereocenters. The van der Waals surface area contributed by atoms with Gasteiger partial charge in [0, 0.05) is 25.5 Å². The van der Waals surface area contributed by atoms with Crippen LogP contribution in [-0.2, 0) is 4.79 Å². The van der Waals surface area contributed by atoms with Gasteiger partial charge in [-0.05, 0) is 25.0 Å². The number of aromatic hydroxyl groups is 1. The van der Waals surface area contributed by atoms with E-state index in [-0.39, 0.29) is 23.3 Å². The Morgan fingerprint density at radius 2 is 1.97 bits per heavy atom. The van der Waals surface area contributed by atoms with Crippen molar-refractivity contribution in [3.8, 4) is 11.4 Å². The maximum Gasteiger partial charge on any atom is 0.294 e. The van der Waals surface area contributed by atoms with Gasteiger partial charge >= 0.3 is 0 Å². The molecule has 1 fully saturated rings. The van der Waals surface area contributed by atoms with Crippen LogP contribution in [0, 0.1) is 5.92 Å². The number of anilines is 1. The quantitative estimate of drug-likeness (QED) is 0.552. The van der Waals surface area contributed by atoms with Crippen molar-refractivity contribution in [2.45, 2.75) is 12.8 Å². The molecule has 154 valence electrons. The largest absolute Gasteiger partial charge is 0.504 e. The van der Waals surface area contributed by atoms with Crippen molar-refractivity contribution < 1.29 is 14.7 Å². The third-order valence-electron chi connectivity index (χ3n) is 4.90. The van der Waals surface area contributed by atoms with Gasteiger partial charge in [-0.25, -0.2) is 9.67 Å². The topological polar surface area (TPSA) is 125 Å². The molecule has 0 aliphatic carbocycles. The Morgan fingerprint density at radius 1 is 1.13 bits per heavy atom. The summed E-state index contributed by atoms with van der Waals surface area (Å²) in [4.78, 5) is 35.3. The van der Waals surface area contributed by atoms with Crippen LogP contribution in [0.4, 0.5) is 5.82 Å². The van der Waals surface area contributed by atoms with E-state index in [9.17, 15) is 14.7 Å². The van der Waals surface area contributed by atoms with E-state index in [1.54, 1.807) is 30.7 Å². The molecule has 10 nitrogen and oxygen atoms in total. The first-order valence-corrected chi connectivity index (χ1v) is 9.57. The molecule has 0 radical (unpaired) electrons. The Labute approximate surface area is 172 Å². The zero-order valence-electron chi connectivity index (χ0n) is 16.1. The number of aromatic nitrogens is 4. The maximum atomic E-state index is 12.5. The molecular weight excluding hydrogens is 386 g/mol. The third kappa shape index (κ3) is 4.22. The molecule has 0 saturated carbocycles. The molecule has 1 aliphatic rings. The average molecular weight is 407 g/mol. The fourth-order valence-electron chi connectivity index (χ4n) is 3.37. The van der Waals surface area contributed by atoms with Gasteiger partial charge in [-0.3, -0.25) is 25.4 Å². The van der Waals surface area contributed by atoms with Crippen LogP contribution in [0.25, 0.3) is 5.69 Å². The molecule has 4 rings (SSSR count). The number of piperidine rings is 1. The van der Waals surface area contributed by atoms with Gasteiger partial charge in [0.2, 0.25) is 5.91 Å². The molecule has 2 amide bonds. The number of rotatable bonds is 4. The van der Waals surface area contributed by atoms with E-state index < -0.39 is 5.91 Å². The van der Waals surface area contributed by atoms with Gasteiger partial charge in [0.15, 0.2) is 11.4 Å². The summed E-state index contributed by atoms with van der Waals surface area (Å²) in [5, 5.41) is 14.2. The summed E-state index contributed by atoms with van der Waals surface area (Å²) in [5.74, 6) is -0.875. The molecule has 3 heterocycles. The van der Waals surface area contributed by atoms with E-state index in [0.29, 0.717) is 18.7 Å². The number of carbonyl (C=O) groups is 2. The standard InChI is InChI=1S/C20H21N7O3/c28-16-13-27(15-6-2-1-3-7-15)25-18(16)20(30)24-23-19(29)14-5-4-10-26(12-14)17-11-21-8-9-22-17/h1-3,6-9,11,13-14,28H,4-5,10,12H2,(H,23,29)(H,24,30). The highest BCUT2D eigenvalue weighted by molar-refractivity contribution is 5.96. The van der Waals surface area contributed by atoms with Crippen LogP contribution >= 0.6 is 0 Å². The Kier molecular flexibility index (Phi) is 5.55. The van der Waals surface area contributed by atoms with E-state index in [1.165, 1.54) is 10.9 Å². The predicted octanol–water partition coefficient (Wildman–Crippen LogP) is 1.05. The molecule has 1 saturated heterocycles. The maximum absolute atomic E-state index is 12.5. The molecule has 10 heteroatoms. The third-order valence-corrected chi connectivity index (χ3v) is 4.90. The van der Waals surface area contributed by atoms with Crippen LogP contribution in [0.1, 0.15) is 23.3 Å². The summed E-state index contributed by atoms with van der Waals surface area (Å²) in [6.07, 6.45) is 7.74. The Morgan fingerprint density at radius 3 is 2.73 bits per heavy atom. The van der Waals surface area contributed by atoms with E-state index in [0.717, 1.165) is 18.8 Å². The number of carbonyl (C=O) groups excluding carboxylic acids is 2. The molecule has 1 atom stereocenters. The number of benzene rings is 1. The Hall–Kier alpha value is -3.95. The average Bonchev–Trinajstić information content (AvgIpc) is 3.20. The lowest BCUT2D eigenvalue weighted by Crippen LogP contribution is -2.49. The number of hydrogen-bond donors (Lipinski definition) is 3. The minimum absolute atomic E-state index is 0.177. The van der Waals surface area contributed by atoms with Gasteiger partial charge in [-0.2, -0.15) is 5.10 Å². The van der Waals surface area contributed by atoms with Crippen molar-refractivity contribution in [3.63, 3.8) is 0 Å². The smallest absolute Gasteiger partial charge is 0.294 e. The van der Waals surface area contributed by atoms with Crippen LogP contribution in [0.5, 0.6) is 5.75 Å². The van der Waals surface area contributed by atoms with Crippen molar-refractivity contribution >= 4 is 17.6 Å². The molecule has 3 aromatic rings. The second-order valence-electron chi connectivity index (χ2n) is 6.94. The lowest BCUT2D eigenvalue weighted by molar-refractivity contribution is -0.126. The molecule has 3 N–H and O–H groups in total. The van der Waals surface area contributed by atoms with Gasteiger partial charge < -0.3 is 10.0 Å². The van der Waals surface area contributed by atoms with Crippen LogP contribution in [0.2, 0.25) is 0 Å². The first-order valence-electron chi connectivity index (χ1n) is 9.57. The van der Waals surface area contributed by atoms with Crippen molar-refractivity contribution in [1.29, 1.82) is 0 Å². The van der Waals surface area contributed by atoms with Crippen LogP contribution in [0.3, 0.4) is 0 Å². The number of hydrazine groups is 1. The zero-order chi connectivity index (χ0) is 20.9. The van der Waals surface area contributed by atoms with Crippen molar-refractivity contribution in [1.82, 2.24) is 30.6 Å². The molecule has 0 spiro atoms. The van der Waals surface area contributed by atoms with Crippen molar-refractivity contribution in [3.05, 3.63) is 60.8 Å². The summed E-state index contributed by atoms with van der Waals surface area (Å²) < 4.78 is 1.39. The van der Waals surface area contributed by atoms with E-state index in [1.807, 2.05) is 23.1 Å². The first-order chi connectivity index (χ1) is 14.6. The predicted molar refractivity (Wildman–Crippen MR) is 108 cm³/mol. The van der Waals surface area contributed by atoms with Gasteiger partial charge in [0.1, 0.15) is 5.82 Å². The Bertz CT molecular complexity index is 1020. The summed E-state index contributed by atoms with van der Waals surface area (Å²) >= 11 is 0. The highest BCUT2D eigenvalue weighted by atomic mass is 16.3.